The van der Waals surface area contributed by atoms with E-state index in [0.29, 0.717) is 0 Å². The zero-order chi connectivity index (χ0) is 18.5. The number of aliphatic imine (C=N–C) groups is 1. The standard InChI is InChI=1S/C19H33N5O2.HI/c1-5-20-19(21-9-8-16-14(2)22-23(4)15(16)3)24-10-12-26-18(13-24)17-7-6-11-25-17;/h17-18H,5-13H2,1-4H3,(H,20,21);1H. The van der Waals surface area contributed by atoms with Crippen LogP contribution in [0.25, 0.3) is 0 Å². The van der Waals surface area contributed by atoms with Crippen molar-refractivity contribution in [3.63, 3.8) is 0 Å². The number of halogens is 1. The Bertz CT molecular complexity index is 628. The van der Waals surface area contributed by atoms with Gasteiger partial charge in [-0.1, -0.05) is 0 Å². The Morgan fingerprint density at radius 2 is 2.04 bits per heavy atom. The first-order valence-corrected chi connectivity index (χ1v) is 9.85. The van der Waals surface area contributed by atoms with Crippen molar-refractivity contribution in [1.29, 1.82) is 0 Å². The van der Waals surface area contributed by atoms with Crippen LogP contribution in [0.3, 0.4) is 0 Å². The molecule has 0 aliphatic carbocycles. The molecule has 0 amide bonds. The van der Waals surface area contributed by atoms with Crippen molar-refractivity contribution in [1.82, 2.24) is 20.0 Å². The lowest BCUT2D eigenvalue weighted by molar-refractivity contribution is -0.0817. The van der Waals surface area contributed by atoms with E-state index >= 15 is 0 Å². The number of nitrogens with one attached hydrogen (secondary N) is 1. The molecule has 0 spiro atoms. The van der Waals surface area contributed by atoms with Gasteiger partial charge in [0.05, 0.1) is 18.4 Å². The molecule has 0 saturated carbocycles. The van der Waals surface area contributed by atoms with Gasteiger partial charge in [-0.15, -0.1) is 24.0 Å². The highest BCUT2D eigenvalue weighted by molar-refractivity contribution is 14.0. The Morgan fingerprint density at radius 1 is 1.26 bits per heavy atom. The number of ether oxygens (including phenoxy) is 2. The summed E-state index contributed by atoms with van der Waals surface area (Å²) in [5, 5.41) is 7.94. The van der Waals surface area contributed by atoms with Crippen LogP contribution < -0.4 is 5.32 Å². The van der Waals surface area contributed by atoms with Crippen molar-refractivity contribution in [2.24, 2.45) is 12.0 Å². The van der Waals surface area contributed by atoms with Gasteiger partial charge in [0.15, 0.2) is 5.96 Å². The minimum Gasteiger partial charge on any atom is -0.375 e. The molecule has 0 radical (unpaired) electrons. The van der Waals surface area contributed by atoms with Crippen molar-refractivity contribution >= 4 is 29.9 Å². The molecule has 7 nitrogen and oxygen atoms in total. The average molecular weight is 491 g/mol. The molecule has 2 saturated heterocycles. The number of hydrogen-bond acceptors (Lipinski definition) is 4. The Kier molecular flexibility index (Phi) is 8.81. The van der Waals surface area contributed by atoms with Crippen LogP contribution in [-0.2, 0) is 22.9 Å². The van der Waals surface area contributed by atoms with Crippen molar-refractivity contribution < 1.29 is 9.47 Å². The summed E-state index contributed by atoms with van der Waals surface area (Å²) in [6.07, 6.45) is 3.55. The maximum atomic E-state index is 5.97. The number of aromatic nitrogens is 2. The highest BCUT2D eigenvalue weighted by Crippen LogP contribution is 2.21. The summed E-state index contributed by atoms with van der Waals surface area (Å²) in [7, 11) is 2.00. The van der Waals surface area contributed by atoms with Crippen LogP contribution >= 0.6 is 24.0 Å². The zero-order valence-electron chi connectivity index (χ0n) is 17.0. The number of rotatable bonds is 5. The molecule has 0 aromatic carbocycles. The van der Waals surface area contributed by atoms with Crippen molar-refractivity contribution in [2.45, 2.75) is 52.2 Å². The second-order valence-electron chi connectivity index (χ2n) is 7.17. The van der Waals surface area contributed by atoms with E-state index in [1.165, 1.54) is 11.3 Å². The molecule has 2 unspecified atom stereocenters. The van der Waals surface area contributed by atoms with Crippen LogP contribution in [-0.4, -0.2) is 72.2 Å². The molecule has 3 heterocycles. The summed E-state index contributed by atoms with van der Waals surface area (Å²) < 4.78 is 13.7. The van der Waals surface area contributed by atoms with Gasteiger partial charge in [0.1, 0.15) is 6.10 Å². The summed E-state index contributed by atoms with van der Waals surface area (Å²) in [6, 6.07) is 0. The Labute approximate surface area is 179 Å². The van der Waals surface area contributed by atoms with E-state index < -0.39 is 0 Å². The van der Waals surface area contributed by atoms with E-state index in [1.807, 2.05) is 11.7 Å². The molecule has 0 bridgehead atoms. The minimum absolute atomic E-state index is 0. The topological polar surface area (TPSA) is 63.9 Å². The predicted octanol–water partition coefficient (Wildman–Crippen LogP) is 2.04. The van der Waals surface area contributed by atoms with Gasteiger partial charge in [-0.05, 0) is 45.6 Å². The third kappa shape index (κ3) is 5.57. The third-order valence-corrected chi connectivity index (χ3v) is 5.39. The van der Waals surface area contributed by atoms with Crippen molar-refractivity contribution in [3.05, 3.63) is 17.0 Å². The fraction of sp³-hybridized carbons (Fsp3) is 0.789. The smallest absolute Gasteiger partial charge is 0.194 e. The first-order valence-electron chi connectivity index (χ1n) is 9.85. The summed E-state index contributed by atoms with van der Waals surface area (Å²) in [5.41, 5.74) is 3.65. The van der Waals surface area contributed by atoms with Gasteiger partial charge in [0.2, 0.25) is 0 Å². The van der Waals surface area contributed by atoms with Crippen molar-refractivity contribution in [2.75, 3.05) is 39.4 Å². The van der Waals surface area contributed by atoms with E-state index in [2.05, 4.69) is 36.1 Å². The highest BCUT2D eigenvalue weighted by Gasteiger charge is 2.32. The van der Waals surface area contributed by atoms with Crippen LogP contribution in [0.2, 0.25) is 0 Å². The lowest BCUT2D eigenvalue weighted by atomic mass is 10.1. The van der Waals surface area contributed by atoms with Crippen LogP contribution in [0, 0.1) is 13.8 Å². The SMILES string of the molecule is CCNC(=NCCc1c(C)nn(C)c1C)N1CCOC(C2CCCO2)C1.I. The minimum atomic E-state index is 0. The normalized spacial score (nSPS) is 23.4. The molecule has 2 fully saturated rings. The molecular formula is C19H34IN5O2. The van der Waals surface area contributed by atoms with E-state index in [1.54, 1.807) is 0 Å². The largest absolute Gasteiger partial charge is 0.375 e. The van der Waals surface area contributed by atoms with Crippen LogP contribution in [0.1, 0.15) is 36.7 Å². The van der Waals surface area contributed by atoms with Gasteiger partial charge in [0, 0.05) is 45.5 Å². The van der Waals surface area contributed by atoms with E-state index in [4.69, 9.17) is 14.5 Å². The number of morpholine rings is 1. The quantitative estimate of drug-likeness (QED) is 0.388. The second-order valence-corrected chi connectivity index (χ2v) is 7.17. The molecule has 1 aromatic heterocycles. The van der Waals surface area contributed by atoms with Crippen LogP contribution in [0.5, 0.6) is 0 Å². The molecule has 8 heteroatoms. The van der Waals surface area contributed by atoms with Crippen LogP contribution in [0.15, 0.2) is 4.99 Å². The van der Waals surface area contributed by atoms with Gasteiger partial charge >= 0.3 is 0 Å². The lowest BCUT2D eigenvalue weighted by Crippen LogP contribution is -2.53. The molecule has 1 N–H and O–H groups in total. The van der Waals surface area contributed by atoms with E-state index in [-0.39, 0.29) is 36.2 Å². The number of aryl methyl sites for hydroxylation is 2. The second kappa shape index (κ2) is 10.6. The fourth-order valence-electron chi connectivity index (χ4n) is 3.87. The molecule has 2 aliphatic rings. The van der Waals surface area contributed by atoms with Gasteiger partial charge in [-0.25, -0.2) is 0 Å². The lowest BCUT2D eigenvalue weighted by Gasteiger charge is -2.37. The molecular weight excluding hydrogens is 457 g/mol. The van der Waals surface area contributed by atoms with Gasteiger partial charge < -0.3 is 19.7 Å². The first kappa shape index (κ1) is 22.4. The Balaban J connectivity index is 0.00000261. The summed E-state index contributed by atoms with van der Waals surface area (Å²) in [4.78, 5) is 7.20. The predicted molar refractivity (Wildman–Crippen MR) is 118 cm³/mol. The number of guanidine groups is 1. The maximum Gasteiger partial charge on any atom is 0.194 e. The zero-order valence-corrected chi connectivity index (χ0v) is 19.4. The first-order chi connectivity index (χ1) is 12.6. The van der Waals surface area contributed by atoms with Gasteiger partial charge in [0.25, 0.3) is 0 Å². The molecule has 3 rings (SSSR count). The Hall–Kier alpha value is -0.870. The molecule has 2 atom stereocenters. The average Bonchev–Trinajstić information content (AvgIpc) is 3.25. The Morgan fingerprint density at radius 3 is 2.67 bits per heavy atom. The van der Waals surface area contributed by atoms with Crippen molar-refractivity contribution in [3.8, 4) is 0 Å². The van der Waals surface area contributed by atoms with E-state index in [9.17, 15) is 0 Å². The third-order valence-electron chi connectivity index (χ3n) is 5.39. The maximum absolute atomic E-state index is 5.97. The molecule has 2 aliphatic heterocycles. The van der Waals surface area contributed by atoms with Gasteiger partial charge in [-0.3, -0.25) is 9.67 Å². The summed E-state index contributed by atoms with van der Waals surface area (Å²) in [5.74, 6) is 0.984. The number of nitrogens with zero attached hydrogens (tertiary/aromatic N) is 4. The fourth-order valence-corrected chi connectivity index (χ4v) is 3.87. The van der Waals surface area contributed by atoms with Gasteiger partial charge in [-0.2, -0.15) is 5.10 Å². The summed E-state index contributed by atoms with van der Waals surface area (Å²) in [6.45, 7) is 11.3. The number of hydrogen-bond donors (Lipinski definition) is 1. The van der Waals surface area contributed by atoms with E-state index in [0.717, 1.165) is 70.3 Å². The summed E-state index contributed by atoms with van der Waals surface area (Å²) >= 11 is 0. The monoisotopic (exact) mass is 491 g/mol. The highest BCUT2D eigenvalue weighted by atomic mass is 127. The molecule has 1 aromatic rings. The molecule has 154 valence electrons. The molecule has 27 heavy (non-hydrogen) atoms. The van der Waals surface area contributed by atoms with Crippen LogP contribution in [0.4, 0.5) is 0 Å².